The van der Waals surface area contributed by atoms with Crippen LogP contribution >= 0.6 is 9.24 Å². The summed E-state index contributed by atoms with van der Waals surface area (Å²) >= 11 is 0. The van der Waals surface area contributed by atoms with E-state index in [2.05, 4.69) is 40.4 Å². The van der Waals surface area contributed by atoms with E-state index in [1.165, 1.54) is 10.9 Å². The number of ether oxygens (including phenoxy) is 1. The number of hydrogen-bond donors (Lipinski definition) is 0. The summed E-state index contributed by atoms with van der Waals surface area (Å²) in [5.41, 5.74) is 1.25. The Labute approximate surface area is 76.3 Å². The number of benzene rings is 1. The van der Waals surface area contributed by atoms with Crippen molar-refractivity contribution >= 4 is 14.5 Å². The normalized spacial score (nSPS) is 10.2. The Morgan fingerprint density at radius 2 is 1.92 bits per heavy atom. The first-order chi connectivity index (χ1) is 5.83. The van der Waals surface area contributed by atoms with E-state index in [4.69, 9.17) is 4.74 Å². The standard InChI is InChI=1S/C10H15OP/c1-2-7-11-8-9-3-5-10(12)6-4-9/h3-6H,2,7-8,12H2,1H3. The zero-order valence-corrected chi connectivity index (χ0v) is 8.57. The second-order valence-corrected chi connectivity index (χ2v) is 3.46. The molecule has 1 unspecified atom stereocenters. The molecule has 0 N–H and O–H groups in total. The van der Waals surface area contributed by atoms with Gasteiger partial charge >= 0.3 is 0 Å². The lowest BCUT2D eigenvalue weighted by molar-refractivity contribution is 0.121. The van der Waals surface area contributed by atoms with Crippen molar-refractivity contribution in [3.8, 4) is 0 Å². The molecule has 0 bridgehead atoms. The quantitative estimate of drug-likeness (QED) is 0.512. The van der Waals surface area contributed by atoms with E-state index >= 15 is 0 Å². The molecule has 66 valence electrons. The minimum absolute atomic E-state index is 0.735. The molecule has 0 aliphatic carbocycles. The summed E-state index contributed by atoms with van der Waals surface area (Å²) in [5, 5.41) is 1.22. The van der Waals surface area contributed by atoms with Crippen molar-refractivity contribution in [3.63, 3.8) is 0 Å². The molecule has 0 aliphatic rings. The van der Waals surface area contributed by atoms with Crippen LogP contribution < -0.4 is 5.30 Å². The monoisotopic (exact) mass is 182 g/mol. The Morgan fingerprint density at radius 3 is 2.50 bits per heavy atom. The maximum absolute atomic E-state index is 5.40. The molecule has 0 saturated carbocycles. The zero-order chi connectivity index (χ0) is 8.81. The van der Waals surface area contributed by atoms with Gasteiger partial charge in [-0.3, -0.25) is 0 Å². The number of hydrogen-bond acceptors (Lipinski definition) is 1. The van der Waals surface area contributed by atoms with Crippen LogP contribution in [-0.4, -0.2) is 6.61 Å². The van der Waals surface area contributed by atoms with Crippen molar-refractivity contribution in [2.24, 2.45) is 0 Å². The van der Waals surface area contributed by atoms with Crippen LogP contribution in [0, 0.1) is 0 Å². The summed E-state index contributed by atoms with van der Waals surface area (Å²) in [6.45, 7) is 3.70. The molecule has 2 heteroatoms. The van der Waals surface area contributed by atoms with E-state index in [1.807, 2.05) is 0 Å². The molecular weight excluding hydrogens is 167 g/mol. The fraction of sp³-hybridized carbons (Fsp3) is 0.400. The molecule has 0 aromatic heterocycles. The molecule has 0 saturated heterocycles. The fourth-order valence-electron chi connectivity index (χ4n) is 0.948. The summed E-state index contributed by atoms with van der Waals surface area (Å²) in [4.78, 5) is 0. The van der Waals surface area contributed by atoms with E-state index in [0.717, 1.165) is 19.6 Å². The van der Waals surface area contributed by atoms with Gasteiger partial charge in [-0.1, -0.05) is 31.2 Å². The van der Waals surface area contributed by atoms with E-state index in [1.54, 1.807) is 0 Å². The first kappa shape index (κ1) is 9.70. The molecular formula is C10H15OP. The molecule has 0 fully saturated rings. The van der Waals surface area contributed by atoms with Crippen LogP contribution in [-0.2, 0) is 11.3 Å². The summed E-state index contributed by atoms with van der Waals surface area (Å²) in [6, 6.07) is 8.35. The lowest BCUT2D eigenvalue weighted by Gasteiger charge is -2.02. The predicted octanol–water partition coefficient (Wildman–Crippen LogP) is 2.11. The highest BCUT2D eigenvalue weighted by molar-refractivity contribution is 7.27. The van der Waals surface area contributed by atoms with Gasteiger partial charge in [0.05, 0.1) is 6.61 Å². The van der Waals surface area contributed by atoms with E-state index in [9.17, 15) is 0 Å². The summed E-state index contributed by atoms with van der Waals surface area (Å²) in [7, 11) is 2.67. The van der Waals surface area contributed by atoms with Crippen LogP contribution in [0.1, 0.15) is 18.9 Å². The lowest BCUT2D eigenvalue weighted by Crippen LogP contribution is -1.96. The lowest BCUT2D eigenvalue weighted by atomic mass is 10.2. The number of rotatable bonds is 4. The Hall–Kier alpha value is -0.390. The van der Waals surface area contributed by atoms with Gasteiger partial charge in [0.2, 0.25) is 0 Å². The van der Waals surface area contributed by atoms with E-state index in [0.29, 0.717) is 0 Å². The van der Waals surface area contributed by atoms with Gasteiger partial charge < -0.3 is 4.74 Å². The van der Waals surface area contributed by atoms with E-state index < -0.39 is 0 Å². The van der Waals surface area contributed by atoms with Crippen molar-refractivity contribution in [1.82, 2.24) is 0 Å². The highest BCUT2D eigenvalue weighted by Gasteiger charge is 1.91. The topological polar surface area (TPSA) is 9.23 Å². The second-order valence-electron chi connectivity index (χ2n) is 2.79. The highest BCUT2D eigenvalue weighted by Crippen LogP contribution is 2.01. The molecule has 1 rings (SSSR count). The Bertz CT molecular complexity index is 218. The molecule has 0 aliphatic heterocycles. The van der Waals surface area contributed by atoms with Crippen LogP contribution in [0.3, 0.4) is 0 Å². The minimum Gasteiger partial charge on any atom is -0.377 e. The molecule has 1 aromatic carbocycles. The van der Waals surface area contributed by atoms with Crippen LogP contribution in [0.25, 0.3) is 0 Å². The third kappa shape index (κ3) is 3.34. The smallest absolute Gasteiger partial charge is 0.0716 e. The van der Waals surface area contributed by atoms with Gasteiger partial charge in [-0.2, -0.15) is 0 Å². The van der Waals surface area contributed by atoms with Crippen LogP contribution in [0.2, 0.25) is 0 Å². The van der Waals surface area contributed by atoms with Crippen molar-refractivity contribution in [2.75, 3.05) is 6.61 Å². The second kappa shape index (κ2) is 5.29. The summed E-state index contributed by atoms with van der Waals surface area (Å²) in [6.07, 6.45) is 1.09. The fourth-order valence-corrected chi connectivity index (χ4v) is 1.14. The maximum atomic E-state index is 5.40. The van der Waals surface area contributed by atoms with Gasteiger partial charge in [-0.15, -0.1) is 9.24 Å². The van der Waals surface area contributed by atoms with Gasteiger partial charge in [0.15, 0.2) is 0 Å². The third-order valence-corrected chi connectivity index (χ3v) is 1.98. The van der Waals surface area contributed by atoms with Crippen LogP contribution in [0.15, 0.2) is 24.3 Å². The molecule has 0 amide bonds. The van der Waals surface area contributed by atoms with Crippen LogP contribution in [0.5, 0.6) is 0 Å². The third-order valence-electron chi connectivity index (χ3n) is 1.60. The Balaban J connectivity index is 2.37. The molecule has 0 spiro atoms. The molecule has 1 aromatic rings. The van der Waals surface area contributed by atoms with Crippen molar-refractivity contribution in [1.29, 1.82) is 0 Å². The van der Waals surface area contributed by atoms with Crippen molar-refractivity contribution in [3.05, 3.63) is 29.8 Å². The van der Waals surface area contributed by atoms with Gasteiger partial charge in [0, 0.05) is 6.61 Å². The molecule has 0 radical (unpaired) electrons. The minimum atomic E-state index is 0.735. The summed E-state index contributed by atoms with van der Waals surface area (Å²) < 4.78 is 5.40. The largest absolute Gasteiger partial charge is 0.377 e. The van der Waals surface area contributed by atoms with Gasteiger partial charge in [0.25, 0.3) is 0 Å². The molecule has 0 heterocycles. The average Bonchev–Trinajstić information content (AvgIpc) is 2.09. The highest BCUT2D eigenvalue weighted by atomic mass is 31.0. The zero-order valence-electron chi connectivity index (χ0n) is 7.42. The van der Waals surface area contributed by atoms with Crippen LogP contribution in [0.4, 0.5) is 0 Å². The van der Waals surface area contributed by atoms with Gasteiger partial charge in [-0.05, 0) is 17.3 Å². The van der Waals surface area contributed by atoms with Crippen molar-refractivity contribution < 1.29 is 4.74 Å². The Kier molecular flexibility index (Phi) is 4.27. The maximum Gasteiger partial charge on any atom is 0.0716 e. The first-order valence-corrected chi connectivity index (χ1v) is 4.83. The molecule has 1 atom stereocenters. The predicted molar refractivity (Wildman–Crippen MR) is 55.7 cm³/mol. The molecule has 12 heavy (non-hydrogen) atoms. The average molecular weight is 182 g/mol. The SMILES string of the molecule is CCCOCc1ccc(P)cc1. The van der Waals surface area contributed by atoms with E-state index in [-0.39, 0.29) is 0 Å². The van der Waals surface area contributed by atoms with Crippen molar-refractivity contribution in [2.45, 2.75) is 20.0 Å². The first-order valence-electron chi connectivity index (χ1n) is 4.25. The Morgan fingerprint density at radius 1 is 1.25 bits per heavy atom. The van der Waals surface area contributed by atoms with Gasteiger partial charge in [-0.25, -0.2) is 0 Å². The van der Waals surface area contributed by atoms with Gasteiger partial charge in [0.1, 0.15) is 0 Å². The summed E-state index contributed by atoms with van der Waals surface area (Å²) in [5.74, 6) is 0. The molecule has 1 nitrogen and oxygen atoms in total.